The van der Waals surface area contributed by atoms with Gasteiger partial charge in [0.25, 0.3) is 0 Å². The number of carbonyl (C=O) groups is 4. The van der Waals surface area contributed by atoms with E-state index in [1.54, 1.807) is 51.1 Å². The Morgan fingerprint density at radius 3 is 2.09 bits per heavy atom. The number of anilines is 1. The van der Waals surface area contributed by atoms with Gasteiger partial charge >= 0.3 is 5.97 Å². The van der Waals surface area contributed by atoms with E-state index >= 15 is 0 Å². The monoisotopic (exact) mass is 455 g/mol. The van der Waals surface area contributed by atoms with Gasteiger partial charge in [0.15, 0.2) is 30.0 Å². The maximum absolute atomic E-state index is 12.6. The largest absolute Gasteiger partial charge is 0.493 e. The van der Waals surface area contributed by atoms with E-state index in [9.17, 15) is 19.2 Å². The van der Waals surface area contributed by atoms with Crippen molar-refractivity contribution in [1.82, 2.24) is 0 Å². The summed E-state index contributed by atoms with van der Waals surface area (Å²) in [4.78, 5) is 48.3. The van der Waals surface area contributed by atoms with Crippen molar-refractivity contribution in [3.8, 4) is 11.5 Å². The van der Waals surface area contributed by atoms with Crippen LogP contribution in [-0.4, -0.2) is 43.3 Å². The number of carbonyl (C=O) groups excluding carboxylic acids is 4. The Kier molecular flexibility index (Phi) is 8.34. The van der Waals surface area contributed by atoms with Gasteiger partial charge in [0.05, 0.1) is 7.11 Å². The predicted octanol–water partition coefficient (Wildman–Crippen LogP) is 4.08. The first-order valence-corrected chi connectivity index (χ1v) is 10.4. The Hall–Kier alpha value is -3.68. The summed E-state index contributed by atoms with van der Waals surface area (Å²) in [6.45, 7) is 7.87. The molecule has 1 amide bonds. The van der Waals surface area contributed by atoms with Gasteiger partial charge in [-0.3, -0.25) is 14.4 Å². The molecule has 176 valence electrons. The highest BCUT2D eigenvalue weighted by atomic mass is 16.6. The molecule has 8 nitrogen and oxygen atoms in total. The molecule has 33 heavy (non-hydrogen) atoms. The minimum absolute atomic E-state index is 0.129. The summed E-state index contributed by atoms with van der Waals surface area (Å²) >= 11 is 0. The molecule has 0 heterocycles. The van der Waals surface area contributed by atoms with Gasteiger partial charge in [0, 0.05) is 22.2 Å². The first-order valence-electron chi connectivity index (χ1n) is 10.4. The third-order valence-corrected chi connectivity index (χ3v) is 4.70. The molecule has 8 heteroatoms. The van der Waals surface area contributed by atoms with Crippen LogP contribution < -0.4 is 14.8 Å². The second kappa shape index (κ2) is 10.8. The molecule has 1 unspecified atom stereocenters. The maximum Gasteiger partial charge on any atom is 0.344 e. The van der Waals surface area contributed by atoms with Gasteiger partial charge in [-0.1, -0.05) is 20.8 Å². The molecule has 0 aliphatic carbocycles. The Bertz CT molecular complexity index is 1040. The lowest BCUT2D eigenvalue weighted by atomic mass is 9.95. The maximum atomic E-state index is 12.6. The number of methoxy groups -OCH3 is 1. The quantitative estimate of drug-likeness (QED) is 0.448. The van der Waals surface area contributed by atoms with Crippen LogP contribution in [0.15, 0.2) is 42.5 Å². The van der Waals surface area contributed by atoms with E-state index in [4.69, 9.17) is 14.2 Å². The first kappa shape index (κ1) is 25.6. The van der Waals surface area contributed by atoms with E-state index in [1.165, 1.54) is 33.1 Å². The zero-order valence-corrected chi connectivity index (χ0v) is 19.7. The molecule has 1 atom stereocenters. The molecule has 0 saturated carbocycles. The first-order chi connectivity index (χ1) is 15.4. The van der Waals surface area contributed by atoms with Crippen molar-refractivity contribution in [2.24, 2.45) is 5.41 Å². The molecule has 0 fully saturated rings. The van der Waals surface area contributed by atoms with Crippen LogP contribution in [0.3, 0.4) is 0 Å². The number of esters is 1. The van der Waals surface area contributed by atoms with Crippen molar-refractivity contribution >= 4 is 29.1 Å². The molecule has 0 saturated heterocycles. The van der Waals surface area contributed by atoms with E-state index in [0.29, 0.717) is 22.6 Å². The normalized spacial score (nSPS) is 11.8. The number of nitrogens with one attached hydrogen (secondary N) is 1. The molecular formula is C25H29NO7. The zero-order valence-electron chi connectivity index (χ0n) is 19.7. The van der Waals surface area contributed by atoms with E-state index in [2.05, 4.69) is 5.32 Å². The number of hydrogen-bond donors (Lipinski definition) is 1. The standard InChI is InChI=1S/C25H29NO7/c1-15(27)18-9-12-20(21(13-18)31-6)32-14-22(28)33-16(2)23(29)17-7-10-19(11-8-17)26-24(30)25(3,4)5/h7-13,16H,14H2,1-6H3,(H,26,30). The van der Waals surface area contributed by atoms with Crippen molar-refractivity contribution in [2.75, 3.05) is 19.0 Å². The topological polar surface area (TPSA) is 108 Å². The second-order valence-electron chi connectivity index (χ2n) is 8.49. The van der Waals surface area contributed by atoms with Crippen molar-refractivity contribution in [3.05, 3.63) is 53.6 Å². The average Bonchev–Trinajstić information content (AvgIpc) is 2.76. The van der Waals surface area contributed by atoms with Crippen LogP contribution >= 0.6 is 0 Å². The molecule has 0 spiro atoms. The van der Waals surface area contributed by atoms with E-state index in [1.807, 2.05) is 0 Å². The highest BCUT2D eigenvalue weighted by Gasteiger charge is 2.22. The third kappa shape index (κ3) is 7.17. The summed E-state index contributed by atoms with van der Waals surface area (Å²) in [6.07, 6.45) is -1.03. The summed E-state index contributed by atoms with van der Waals surface area (Å²) in [5.41, 5.74) is 0.810. The molecular weight excluding hydrogens is 426 g/mol. The zero-order chi connectivity index (χ0) is 24.8. The predicted molar refractivity (Wildman–Crippen MR) is 123 cm³/mol. The summed E-state index contributed by atoms with van der Waals surface area (Å²) in [6, 6.07) is 11.0. The Labute approximate surface area is 193 Å². The lowest BCUT2D eigenvalue weighted by molar-refractivity contribution is -0.148. The molecule has 2 rings (SSSR count). The van der Waals surface area contributed by atoms with Gasteiger partial charge in [-0.15, -0.1) is 0 Å². The van der Waals surface area contributed by atoms with Gasteiger partial charge in [-0.05, 0) is 56.3 Å². The van der Waals surface area contributed by atoms with Crippen LogP contribution in [-0.2, 0) is 14.3 Å². The van der Waals surface area contributed by atoms with Gasteiger partial charge in [-0.2, -0.15) is 0 Å². The van der Waals surface area contributed by atoms with Crippen LogP contribution in [0.1, 0.15) is 55.3 Å². The molecule has 0 bridgehead atoms. The Morgan fingerprint density at radius 2 is 1.55 bits per heavy atom. The van der Waals surface area contributed by atoms with Crippen LogP contribution in [0.25, 0.3) is 0 Å². The van der Waals surface area contributed by atoms with Crippen LogP contribution in [0.2, 0.25) is 0 Å². The third-order valence-electron chi connectivity index (χ3n) is 4.70. The van der Waals surface area contributed by atoms with Crippen molar-refractivity contribution in [2.45, 2.75) is 40.7 Å². The summed E-state index contributed by atoms with van der Waals surface area (Å²) in [5, 5.41) is 2.78. The fourth-order valence-corrected chi connectivity index (χ4v) is 2.70. The van der Waals surface area contributed by atoms with Gasteiger partial charge in [-0.25, -0.2) is 4.79 Å². The van der Waals surface area contributed by atoms with Crippen molar-refractivity contribution in [1.29, 1.82) is 0 Å². The van der Waals surface area contributed by atoms with Gasteiger partial charge in [0.2, 0.25) is 11.7 Å². The number of Topliss-reactive ketones (excluding diaryl/α,β-unsaturated/α-hetero) is 2. The van der Waals surface area contributed by atoms with Crippen LogP contribution in [0, 0.1) is 5.41 Å². The number of benzene rings is 2. The highest BCUT2D eigenvalue weighted by Crippen LogP contribution is 2.28. The lowest BCUT2D eigenvalue weighted by Crippen LogP contribution is -2.28. The van der Waals surface area contributed by atoms with E-state index in [0.717, 1.165) is 0 Å². The summed E-state index contributed by atoms with van der Waals surface area (Å²) < 4.78 is 15.8. The van der Waals surface area contributed by atoms with Crippen molar-refractivity contribution < 1.29 is 33.4 Å². The van der Waals surface area contributed by atoms with Crippen LogP contribution in [0.5, 0.6) is 11.5 Å². The van der Waals surface area contributed by atoms with Gasteiger partial charge < -0.3 is 19.5 Å². The highest BCUT2D eigenvalue weighted by molar-refractivity contribution is 6.01. The lowest BCUT2D eigenvalue weighted by Gasteiger charge is -2.18. The van der Waals surface area contributed by atoms with Crippen molar-refractivity contribution in [3.63, 3.8) is 0 Å². The second-order valence-corrected chi connectivity index (χ2v) is 8.49. The smallest absolute Gasteiger partial charge is 0.344 e. The number of amides is 1. The van der Waals surface area contributed by atoms with Gasteiger partial charge in [0.1, 0.15) is 0 Å². The fourth-order valence-electron chi connectivity index (χ4n) is 2.70. The number of ether oxygens (including phenoxy) is 3. The van der Waals surface area contributed by atoms with E-state index in [-0.39, 0.29) is 23.2 Å². The summed E-state index contributed by atoms with van der Waals surface area (Å²) in [5.74, 6) is -0.819. The number of hydrogen-bond acceptors (Lipinski definition) is 7. The molecule has 0 aliphatic rings. The minimum Gasteiger partial charge on any atom is -0.493 e. The Balaban J connectivity index is 1.93. The number of ketones is 2. The van der Waals surface area contributed by atoms with Crippen LogP contribution in [0.4, 0.5) is 5.69 Å². The molecule has 0 aliphatic heterocycles. The average molecular weight is 456 g/mol. The SMILES string of the molecule is COc1cc(C(C)=O)ccc1OCC(=O)OC(C)C(=O)c1ccc(NC(=O)C(C)(C)C)cc1. The molecule has 1 N–H and O–H groups in total. The Morgan fingerprint density at radius 1 is 0.939 bits per heavy atom. The fraction of sp³-hybridized carbons (Fsp3) is 0.360. The summed E-state index contributed by atoms with van der Waals surface area (Å²) in [7, 11) is 1.42. The molecule has 2 aromatic carbocycles. The molecule has 0 radical (unpaired) electrons. The number of rotatable bonds is 9. The van der Waals surface area contributed by atoms with E-state index < -0.39 is 24.1 Å². The minimum atomic E-state index is -1.03. The molecule has 2 aromatic rings. The molecule has 0 aromatic heterocycles.